The maximum Gasteiger partial charge on any atom is 0.331 e. The van der Waals surface area contributed by atoms with E-state index in [0.717, 1.165) is 18.3 Å². The Morgan fingerprint density at radius 3 is 2.56 bits per heavy atom. The van der Waals surface area contributed by atoms with Gasteiger partial charge in [-0.2, -0.15) is 0 Å². The fourth-order valence-corrected chi connectivity index (χ4v) is 8.53. The molecule has 32 heavy (non-hydrogen) atoms. The van der Waals surface area contributed by atoms with E-state index in [1.54, 1.807) is 6.08 Å². The molecule has 0 radical (unpaired) electrons. The second-order valence-electron chi connectivity index (χ2n) is 10.9. The Hall–Kier alpha value is -2.00. The average Bonchev–Trinajstić information content (AvgIpc) is 3.27. The molecule has 9 heteroatoms. The van der Waals surface area contributed by atoms with E-state index < -0.39 is 33.2 Å². The zero-order valence-electron chi connectivity index (χ0n) is 18.3. The van der Waals surface area contributed by atoms with Crippen molar-refractivity contribution in [1.29, 1.82) is 0 Å². The third-order valence-corrected chi connectivity index (χ3v) is 10.1. The predicted octanol–water partition coefficient (Wildman–Crippen LogP) is 2.11. The number of cyclic esters (lactones) is 1. The van der Waals surface area contributed by atoms with E-state index in [9.17, 15) is 29.9 Å². The molecule has 8 unspecified atom stereocenters. The molecule has 1 heterocycles. The second-order valence-corrected chi connectivity index (χ2v) is 10.9. The molecule has 9 nitrogen and oxygen atoms in total. The summed E-state index contributed by atoms with van der Waals surface area (Å²) in [4.78, 5) is 39.9. The van der Waals surface area contributed by atoms with Crippen LogP contribution in [0, 0.1) is 38.7 Å². The van der Waals surface area contributed by atoms with Crippen LogP contribution in [-0.4, -0.2) is 51.5 Å². The van der Waals surface area contributed by atoms with Crippen LogP contribution >= 0.6 is 0 Å². The first-order chi connectivity index (χ1) is 15.1. The zero-order chi connectivity index (χ0) is 22.9. The topological polar surface area (TPSA) is 136 Å². The lowest BCUT2D eigenvalue weighted by Gasteiger charge is -2.65. The van der Waals surface area contributed by atoms with E-state index in [0.29, 0.717) is 44.9 Å². The van der Waals surface area contributed by atoms with Crippen molar-refractivity contribution < 1.29 is 34.5 Å². The van der Waals surface area contributed by atoms with Crippen molar-refractivity contribution in [1.82, 2.24) is 0 Å². The van der Waals surface area contributed by atoms with Crippen LogP contribution in [0.25, 0.3) is 0 Å². The van der Waals surface area contributed by atoms with Crippen LogP contribution in [0.4, 0.5) is 0 Å². The minimum atomic E-state index is -1.37. The SMILES string of the molecule is CC12CCC3C(CCC4(O)CC(O[N+](=O)[O-])CCC34C=O)C1(O)CCC2C1=CC(=O)OC1. The highest BCUT2D eigenvalue weighted by molar-refractivity contribution is 5.85. The third kappa shape index (κ3) is 2.70. The molecule has 0 amide bonds. The van der Waals surface area contributed by atoms with Gasteiger partial charge in [-0.15, -0.1) is 10.1 Å². The normalized spacial score (nSPS) is 49.8. The Balaban J connectivity index is 1.46. The number of aldehydes is 1. The first-order valence-electron chi connectivity index (χ1n) is 11.7. The Morgan fingerprint density at radius 1 is 1.16 bits per heavy atom. The Bertz CT molecular complexity index is 889. The fraction of sp³-hybridized carbons (Fsp3) is 0.826. The molecule has 0 aromatic rings. The molecule has 4 saturated carbocycles. The van der Waals surface area contributed by atoms with E-state index in [-0.39, 0.29) is 36.8 Å². The summed E-state index contributed by atoms with van der Waals surface area (Å²) in [5, 5.41) is 33.8. The van der Waals surface area contributed by atoms with Gasteiger partial charge in [0, 0.05) is 17.9 Å². The number of ether oxygens (including phenoxy) is 1. The number of esters is 1. The smallest absolute Gasteiger partial charge is 0.331 e. The van der Waals surface area contributed by atoms with Crippen molar-refractivity contribution in [2.24, 2.45) is 28.6 Å². The van der Waals surface area contributed by atoms with Gasteiger partial charge in [-0.3, -0.25) is 0 Å². The van der Waals surface area contributed by atoms with Gasteiger partial charge in [0.2, 0.25) is 0 Å². The fourth-order valence-electron chi connectivity index (χ4n) is 8.53. The van der Waals surface area contributed by atoms with Crippen LogP contribution in [0.15, 0.2) is 11.6 Å². The Labute approximate surface area is 186 Å². The second kappa shape index (κ2) is 7.00. The molecule has 5 rings (SSSR count). The largest absolute Gasteiger partial charge is 0.458 e. The molecule has 2 N–H and O–H groups in total. The quantitative estimate of drug-likeness (QED) is 0.288. The summed E-state index contributed by atoms with van der Waals surface area (Å²) in [5.74, 6) is -0.618. The number of carbonyl (C=O) groups excluding carboxylic acids is 2. The number of hydrogen-bond donors (Lipinski definition) is 2. The van der Waals surface area contributed by atoms with E-state index in [2.05, 4.69) is 6.92 Å². The lowest BCUT2D eigenvalue weighted by atomic mass is 9.41. The summed E-state index contributed by atoms with van der Waals surface area (Å²) in [5.41, 5.74) is -2.89. The molecule has 0 saturated heterocycles. The molecule has 0 spiro atoms. The minimum absolute atomic E-state index is 0.0529. The highest BCUT2D eigenvalue weighted by Gasteiger charge is 2.71. The van der Waals surface area contributed by atoms with Gasteiger partial charge < -0.3 is 24.6 Å². The molecule has 176 valence electrons. The van der Waals surface area contributed by atoms with Crippen molar-refractivity contribution in [3.63, 3.8) is 0 Å². The predicted molar refractivity (Wildman–Crippen MR) is 109 cm³/mol. The van der Waals surface area contributed by atoms with Gasteiger partial charge in [0.1, 0.15) is 19.0 Å². The molecular formula is C23H31NO8. The van der Waals surface area contributed by atoms with E-state index in [4.69, 9.17) is 9.57 Å². The van der Waals surface area contributed by atoms with Crippen LogP contribution < -0.4 is 0 Å². The first-order valence-corrected chi connectivity index (χ1v) is 11.7. The molecule has 4 aliphatic carbocycles. The molecule has 5 aliphatic rings. The van der Waals surface area contributed by atoms with Crippen LogP contribution in [-0.2, 0) is 19.2 Å². The van der Waals surface area contributed by atoms with Gasteiger partial charge in [0.05, 0.1) is 16.6 Å². The van der Waals surface area contributed by atoms with Crippen molar-refractivity contribution in [2.45, 2.75) is 82.0 Å². The lowest BCUT2D eigenvalue weighted by molar-refractivity contribution is -0.770. The summed E-state index contributed by atoms with van der Waals surface area (Å²) in [6.45, 7) is 2.37. The highest BCUT2D eigenvalue weighted by Crippen LogP contribution is 2.70. The van der Waals surface area contributed by atoms with Gasteiger partial charge in [-0.05, 0) is 74.7 Å². The number of rotatable bonds is 4. The Morgan fingerprint density at radius 2 is 1.91 bits per heavy atom. The van der Waals surface area contributed by atoms with E-state index in [1.807, 2.05) is 0 Å². The van der Waals surface area contributed by atoms with Crippen LogP contribution in [0.3, 0.4) is 0 Å². The maximum absolute atomic E-state index is 12.6. The number of nitrogens with zero attached hydrogens (tertiary/aromatic N) is 1. The summed E-state index contributed by atoms with van der Waals surface area (Å²) in [6.07, 6.45) is 5.98. The standard InChI is InChI=1S/C23H31NO8/c1-20-6-3-17-18(23(20,28)9-5-16(20)14-10-19(26)31-12-14)4-8-22(27)11-15(32-24(29)30)2-7-21(17,22)13-25/h10,13,15-18,27-28H,2-9,11-12H2,1H3. The number of hydrogen-bond acceptors (Lipinski definition) is 8. The molecule has 1 aliphatic heterocycles. The summed E-state index contributed by atoms with van der Waals surface area (Å²) < 4.78 is 5.14. The lowest BCUT2D eigenvalue weighted by Crippen LogP contribution is -2.69. The molecule has 0 bridgehead atoms. The molecule has 0 aromatic heterocycles. The summed E-state index contributed by atoms with van der Waals surface area (Å²) >= 11 is 0. The van der Waals surface area contributed by atoms with Crippen molar-refractivity contribution in [2.75, 3.05) is 6.61 Å². The summed E-state index contributed by atoms with van der Waals surface area (Å²) in [6, 6.07) is 0. The van der Waals surface area contributed by atoms with E-state index >= 15 is 0 Å². The Kier molecular flexibility index (Phi) is 4.77. The van der Waals surface area contributed by atoms with Crippen LogP contribution in [0.5, 0.6) is 0 Å². The highest BCUT2D eigenvalue weighted by atomic mass is 17.0. The number of fused-ring (bicyclic) bond motifs is 5. The van der Waals surface area contributed by atoms with Gasteiger partial charge in [-0.25, -0.2) is 4.79 Å². The third-order valence-electron chi connectivity index (χ3n) is 10.1. The van der Waals surface area contributed by atoms with Crippen molar-refractivity contribution in [3.8, 4) is 0 Å². The van der Waals surface area contributed by atoms with Gasteiger partial charge in [-0.1, -0.05) is 6.92 Å². The monoisotopic (exact) mass is 449 g/mol. The molecule has 8 atom stereocenters. The molecular weight excluding hydrogens is 418 g/mol. The number of carbonyl (C=O) groups is 2. The van der Waals surface area contributed by atoms with Gasteiger partial charge >= 0.3 is 5.97 Å². The molecule has 4 fully saturated rings. The molecule has 0 aromatic carbocycles. The summed E-state index contributed by atoms with van der Waals surface area (Å²) in [7, 11) is 0. The van der Waals surface area contributed by atoms with Crippen molar-refractivity contribution in [3.05, 3.63) is 21.8 Å². The average molecular weight is 450 g/mol. The van der Waals surface area contributed by atoms with Crippen LogP contribution in [0.2, 0.25) is 0 Å². The maximum atomic E-state index is 12.6. The first kappa shape index (κ1) is 21.8. The zero-order valence-corrected chi connectivity index (χ0v) is 18.3. The van der Waals surface area contributed by atoms with Crippen LogP contribution in [0.1, 0.15) is 64.7 Å². The van der Waals surface area contributed by atoms with E-state index in [1.165, 1.54) is 0 Å². The number of aliphatic hydroxyl groups is 2. The minimum Gasteiger partial charge on any atom is -0.458 e. The van der Waals surface area contributed by atoms with Crippen molar-refractivity contribution >= 4 is 12.3 Å². The van der Waals surface area contributed by atoms with Gasteiger partial charge in [0.25, 0.3) is 5.09 Å². The van der Waals surface area contributed by atoms with Gasteiger partial charge in [0.15, 0.2) is 0 Å².